The summed E-state index contributed by atoms with van der Waals surface area (Å²) in [4.78, 5) is 4.28. The molecule has 0 aromatic rings. The lowest BCUT2D eigenvalue weighted by atomic mass is 10.2. The Morgan fingerprint density at radius 3 is 3.30 bits per heavy atom. The predicted octanol–water partition coefficient (Wildman–Crippen LogP) is -1.49. The van der Waals surface area contributed by atoms with E-state index >= 15 is 0 Å². The SMILES string of the molecule is C1N=C2NCCNC2CN1. The Morgan fingerprint density at radius 1 is 1.40 bits per heavy atom. The van der Waals surface area contributed by atoms with E-state index in [1.165, 1.54) is 0 Å². The Bertz CT molecular complexity index is 154. The molecular weight excluding hydrogens is 128 g/mol. The van der Waals surface area contributed by atoms with Crippen molar-refractivity contribution in [2.45, 2.75) is 6.04 Å². The summed E-state index contributed by atoms with van der Waals surface area (Å²) in [6.07, 6.45) is 0. The number of hydrogen-bond acceptors (Lipinski definition) is 4. The van der Waals surface area contributed by atoms with Gasteiger partial charge in [0.15, 0.2) is 0 Å². The lowest BCUT2D eigenvalue weighted by Gasteiger charge is -2.30. The maximum atomic E-state index is 4.28. The maximum Gasteiger partial charge on any atom is 0.116 e. The van der Waals surface area contributed by atoms with Crippen LogP contribution in [0.4, 0.5) is 0 Å². The summed E-state index contributed by atoms with van der Waals surface area (Å²) in [7, 11) is 0. The fraction of sp³-hybridized carbons (Fsp3) is 0.833. The number of nitrogens with zero attached hydrogens (tertiary/aromatic N) is 1. The third-order valence-electron chi connectivity index (χ3n) is 1.86. The van der Waals surface area contributed by atoms with Crippen LogP contribution < -0.4 is 16.0 Å². The molecule has 1 fully saturated rings. The summed E-state index contributed by atoms with van der Waals surface area (Å²) in [5.41, 5.74) is 0. The molecule has 2 heterocycles. The molecule has 2 aliphatic heterocycles. The average molecular weight is 140 g/mol. The van der Waals surface area contributed by atoms with Gasteiger partial charge in [0.25, 0.3) is 0 Å². The van der Waals surface area contributed by atoms with Crippen molar-refractivity contribution < 1.29 is 0 Å². The van der Waals surface area contributed by atoms with Crippen LogP contribution in [0.5, 0.6) is 0 Å². The van der Waals surface area contributed by atoms with Crippen LogP contribution in [0, 0.1) is 0 Å². The number of hydrogen-bond donors (Lipinski definition) is 3. The van der Waals surface area contributed by atoms with Gasteiger partial charge in [0.05, 0.1) is 12.7 Å². The van der Waals surface area contributed by atoms with E-state index in [0.717, 1.165) is 32.1 Å². The van der Waals surface area contributed by atoms with Crippen LogP contribution in [0.15, 0.2) is 4.99 Å². The predicted molar refractivity (Wildman–Crippen MR) is 40.1 cm³/mol. The molecule has 3 N–H and O–H groups in total. The highest BCUT2D eigenvalue weighted by atomic mass is 15.2. The molecule has 10 heavy (non-hydrogen) atoms. The molecule has 0 saturated carbocycles. The van der Waals surface area contributed by atoms with E-state index in [4.69, 9.17) is 0 Å². The zero-order valence-electron chi connectivity index (χ0n) is 5.85. The summed E-state index contributed by atoms with van der Waals surface area (Å²) in [6, 6.07) is 0.433. The van der Waals surface area contributed by atoms with Crippen molar-refractivity contribution in [3.05, 3.63) is 0 Å². The van der Waals surface area contributed by atoms with Gasteiger partial charge in [-0.15, -0.1) is 0 Å². The summed E-state index contributed by atoms with van der Waals surface area (Å²) in [6.45, 7) is 3.83. The van der Waals surface area contributed by atoms with Gasteiger partial charge in [-0.2, -0.15) is 0 Å². The van der Waals surface area contributed by atoms with Gasteiger partial charge in [-0.05, 0) is 0 Å². The molecule has 4 nitrogen and oxygen atoms in total. The molecule has 4 heteroatoms. The van der Waals surface area contributed by atoms with E-state index in [1.807, 2.05) is 0 Å². The normalized spacial score (nSPS) is 32.0. The van der Waals surface area contributed by atoms with Crippen LogP contribution in [0.1, 0.15) is 0 Å². The highest BCUT2D eigenvalue weighted by molar-refractivity contribution is 5.88. The first-order valence-electron chi connectivity index (χ1n) is 3.69. The highest BCUT2D eigenvalue weighted by Gasteiger charge is 2.20. The zero-order valence-corrected chi connectivity index (χ0v) is 5.85. The fourth-order valence-electron chi connectivity index (χ4n) is 1.34. The molecule has 1 saturated heterocycles. The standard InChI is InChI=1S/C6H12N4/c1-2-9-6-5(8-1)3-7-4-10-6/h5,7-8H,1-4H2,(H,9,10). The Kier molecular flexibility index (Phi) is 1.56. The molecule has 2 aliphatic rings. The summed E-state index contributed by atoms with van der Waals surface area (Å²) < 4.78 is 0. The molecule has 0 aromatic carbocycles. The summed E-state index contributed by atoms with van der Waals surface area (Å²) in [5, 5.41) is 9.83. The van der Waals surface area contributed by atoms with Crippen molar-refractivity contribution in [3.8, 4) is 0 Å². The van der Waals surface area contributed by atoms with E-state index in [1.54, 1.807) is 0 Å². The molecule has 56 valence electrons. The number of fused-ring (bicyclic) bond motifs is 1. The molecule has 0 spiro atoms. The molecule has 0 amide bonds. The van der Waals surface area contributed by atoms with Crippen LogP contribution in [-0.4, -0.2) is 38.2 Å². The largest absolute Gasteiger partial charge is 0.371 e. The molecule has 0 bridgehead atoms. The molecule has 1 unspecified atom stereocenters. The Labute approximate surface area is 60.1 Å². The van der Waals surface area contributed by atoms with Gasteiger partial charge in [-0.3, -0.25) is 10.3 Å². The monoisotopic (exact) mass is 140 g/mol. The Balaban J connectivity index is 2.08. The van der Waals surface area contributed by atoms with Crippen LogP contribution >= 0.6 is 0 Å². The van der Waals surface area contributed by atoms with Gasteiger partial charge in [-0.1, -0.05) is 0 Å². The van der Waals surface area contributed by atoms with Crippen molar-refractivity contribution >= 4 is 5.84 Å². The maximum absolute atomic E-state index is 4.28. The van der Waals surface area contributed by atoms with Crippen LogP contribution in [0.2, 0.25) is 0 Å². The Hall–Kier alpha value is -0.610. The van der Waals surface area contributed by atoms with E-state index in [0.29, 0.717) is 6.04 Å². The summed E-state index contributed by atoms with van der Waals surface area (Å²) in [5.74, 6) is 1.13. The lowest BCUT2D eigenvalue weighted by molar-refractivity contribution is 0.496. The number of amidine groups is 1. The first-order valence-corrected chi connectivity index (χ1v) is 3.69. The van der Waals surface area contributed by atoms with Crippen molar-refractivity contribution in [1.82, 2.24) is 16.0 Å². The van der Waals surface area contributed by atoms with E-state index in [2.05, 4.69) is 20.9 Å². The second kappa shape index (κ2) is 2.56. The number of aliphatic imine (C=N–C) groups is 1. The fourth-order valence-corrected chi connectivity index (χ4v) is 1.34. The topological polar surface area (TPSA) is 48.5 Å². The van der Waals surface area contributed by atoms with Gasteiger partial charge >= 0.3 is 0 Å². The number of rotatable bonds is 0. The third kappa shape index (κ3) is 0.998. The van der Waals surface area contributed by atoms with Crippen molar-refractivity contribution in [3.63, 3.8) is 0 Å². The van der Waals surface area contributed by atoms with E-state index < -0.39 is 0 Å². The second-order valence-electron chi connectivity index (χ2n) is 2.59. The summed E-state index contributed by atoms with van der Waals surface area (Å²) >= 11 is 0. The minimum absolute atomic E-state index is 0.433. The van der Waals surface area contributed by atoms with Crippen molar-refractivity contribution in [2.24, 2.45) is 4.99 Å². The van der Waals surface area contributed by atoms with Crippen molar-refractivity contribution in [1.29, 1.82) is 0 Å². The lowest BCUT2D eigenvalue weighted by Crippen LogP contribution is -2.59. The first kappa shape index (κ1) is 6.12. The highest BCUT2D eigenvalue weighted by Crippen LogP contribution is 1.94. The molecule has 0 aliphatic carbocycles. The van der Waals surface area contributed by atoms with Gasteiger partial charge < -0.3 is 10.6 Å². The minimum atomic E-state index is 0.433. The van der Waals surface area contributed by atoms with Gasteiger partial charge in [0.1, 0.15) is 5.84 Å². The quantitative estimate of drug-likeness (QED) is 0.384. The Morgan fingerprint density at radius 2 is 2.40 bits per heavy atom. The number of nitrogens with one attached hydrogen (secondary N) is 3. The zero-order chi connectivity index (χ0) is 6.81. The van der Waals surface area contributed by atoms with Crippen LogP contribution in [0.3, 0.4) is 0 Å². The smallest absolute Gasteiger partial charge is 0.116 e. The molecular formula is C6H12N4. The van der Waals surface area contributed by atoms with E-state index in [9.17, 15) is 0 Å². The number of piperazine rings is 1. The third-order valence-corrected chi connectivity index (χ3v) is 1.86. The van der Waals surface area contributed by atoms with E-state index in [-0.39, 0.29) is 0 Å². The van der Waals surface area contributed by atoms with Gasteiger partial charge in [-0.25, -0.2) is 0 Å². The van der Waals surface area contributed by atoms with Crippen molar-refractivity contribution in [2.75, 3.05) is 26.3 Å². The molecule has 2 rings (SSSR count). The first-order chi connectivity index (χ1) is 4.97. The molecule has 0 radical (unpaired) electrons. The van der Waals surface area contributed by atoms with Crippen LogP contribution in [0.25, 0.3) is 0 Å². The average Bonchev–Trinajstić information content (AvgIpc) is 2.05. The van der Waals surface area contributed by atoms with Gasteiger partial charge in [0.2, 0.25) is 0 Å². The van der Waals surface area contributed by atoms with Crippen LogP contribution in [-0.2, 0) is 0 Å². The minimum Gasteiger partial charge on any atom is -0.371 e. The second-order valence-corrected chi connectivity index (χ2v) is 2.59. The molecule has 0 aromatic heterocycles. The van der Waals surface area contributed by atoms with Gasteiger partial charge in [0, 0.05) is 19.6 Å². The molecule has 1 atom stereocenters.